The normalized spacial score (nSPS) is 17.7. The van der Waals surface area contributed by atoms with E-state index < -0.39 is 5.60 Å². The van der Waals surface area contributed by atoms with Crippen LogP contribution in [0.2, 0.25) is 0 Å². The van der Waals surface area contributed by atoms with Crippen LogP contribution >= 0.6 is 11.3 Å². The quantitative estimate of drug-likeness (QED) is 0.929. The van der Waals surface area contributed by atoms with Crippen molar-refractivity contribution in [3.63, 3.8) is 0 Å². The topological polar surface area (TPSA) is 54.5 Å². The summed E-state index contributed by atoms with van der Waals surface area (Å²) in [5.41, 5.74) is 1.45. The molecule has 0 aliphatic carbocycles. The first-order valence-corrected chi connectivity index (χ1v) is 8.37. The minimum Gasteiger partial charge on any atom is -0.444 e. The fourth-order valence-corrected chi connectivity index (χ4v) is 3.07. The van der Waals surface area contributed by atoms with Crippen LogP contribution in [0.15, 0.2) is 11.7 Å². The average Bonchev–Trinajstić information content (AvgIpc) is 2.89. The van der Waals surface area contributed by atoms with Gasteiger partial charge in [0.05, 0.1) is 5.51 Å². The van der Waals surface area contributed by atoms with Gasteiger partial charge < -0.3 is 10.1 Å². The van der Waals surface area contributed by atoms with Crippen molar-refractivity contribution in [3.05, 3.63) is 16.6 Å². The first-order valence-electron chi connectivity index (χ1n) is 7.49. The highest BCUT2D eigenvalue weighted by atomic mass is 32.1. The van der Waals surface area contributed by atoms with E-state index in [1.807, 2.05) is 32.5 Å². The SMILES string of the molecule is CC(C)(C)OC(=O)NCC1CCN(Cc2cncs2)CC1. The van der Waals surface area contributed by atoms with E-state index in [1.165, 1.54) is 4.88 Å². The molecule has 0 aromatic carbocycles. The summed E-state index contributed by atoms with van der Waals surface area (Å²) in [5, 5.41) is 2.88. The van der Waals surface area contributed by atoms with Gasteiger partial charge in [-0.25, -0.2) is 4.79 Å². The Morgan fingerprint density at radius 2 is 2.19 bits per heavy atom. The Kier molecular flexibility index (Phi) is 5.58. The number of thiazole rings is 1. The maximum Gasteiger partial charge on any atom is 0.407 e. The first-order chi connectivity index (χ1) is 9.92. The Balaban J connectivity index is 1.64. The minimum absolute atomic E-state index is 0.311. The Hall–Kier alpha value is -1.14. The average molecular weight is 311 g/mol. The van der Waals surface area contributed by atoms with Crippen LogP contribution in [0.4, 0.5) is 4.79 Å². The zero-order valence-corrected chi connectivity index (χ0v) is 13.9. The van der Waals surface area contributed by atoms with Crippen LogP contribution in [0.3, 0.4) is 0 Å². The van der Waals surface area contributed by atoms with Gasteiger partial charge >= 0.3 is 6.09 Å². The Bertz CT molecular complexity index is 434. The molecule has 0 saturated carbocycles. The standard InChI is InChI=1S/C15H25N3O2S/c1-15(2,3)20-14(19)17-8-12-4-6-18(7-5-12)10-13-9-16-11-21-13/h9,11-12H,4-8,10H2,1-3H3,(H,17,19). The second-order valence-electron chi connectivity index (χ2n) is 6.57. The zero-order valence-electron chi connectivity index (χ0n) is 13.1. The number of carbonyl (C=O) groups excluding carboxylic acids is 1. The van der Waals surface area contributed by atoms with E-state index >= 15 is 0 Å². The van der Waals surface area contributed by atoms with Gasteiger partial charge in [-0.3, -0.25) is 9.88 Å². The fourth-order valence-electron chi connectivity index (χ4n) is 2.43. The molecular formula is C15H25N3O2S. The summed E-state index contributed by atoms with van der Waals surface area (Å²) >= 11 is 1.71. The van der Waals surface area contributed by atoms with Crippen molar-refractivity contribution in [1.82, 2.24) is 15.2 Å². The molecule has 1 aromatic rings. The molecule has 1 aromatic heterocycles. The van der Waals surface area contributed by atoms with Crippen LogP contribution in [0, 0.1) is 5.92 Å². The monoisotopic (exact) mass is 311 g/mol. The molecule has 2 heterocycles. The minimum atomic E-state index is -0.428. The number of ether oxygens (including phenoxy) is 1. The number of nitrogens with one attached hydrogen (secondary N) is 1. The van der Waals surface area contributed by atoms with Crippen LogP contribution in [-0.2, 0) is 11.3 Å². The second-order valence-corrected chi connectivity index (χ2v) is 7.54. The maximum absolute atomic E-state index is 11.6. The number of alkyl carbamates (subject to hydrolysis) is 1. The van der Waals surface area contributed by atoms with E-state index in [4.69, 9.17) is 4.74 Å². The summed E-state index contributed by atoms with van der Waals surface area (Å²) in [6, 6.07) is 0. The molecule has 21 heavy (non-hydrogen) atoms. The number of rotatable bonds is 4. The van der Waals surface area contributed by atoms with Crippen molar-refractivity contribution >= 4 is 17.4 Å². The van der Waals surface area contributed by atoms with Crippen molar-refractivity contribution in [2.75, 3.05) is 19.6 Å². The number of piperidine rings is 1. The van der Waals surface area contributed by atoms with E-state index in [9.17, 15) is 4.79 Å². The third-order valence-electron chi connectivity index (χ3n) is 3.50. The first kappa shape index (κ1) is 16.2. The highest BCUT2D eigenvalue weighted by molar-refractivity contribution is 7.09. The van der Waals surface area contributed by atoms with E-state index in [2.05, 4.69) is 15.2 Å². The molecule has 5 nitrogen and oxygen atoms in total. The third kappa shape index (κ3) is 6.01. The molecule has 1 saturated heterocycles. The molecule has 0 radical (unpaired) electrons. The van der Waals surface area contributed by atoms with Gasteiger partial charge in [-0.1, -0.05) is 0 Å². The molecule has 0 spiro atoms. The molecule has 0 unspecified atom stereocenters. The number of amides is 1. The summed E-state index contributed by atoms with van der Waals surface area (Å²) in [4.78, 5) is 19.5. The van der Waals surface area contributed by atoms with E-state index in [0.29, 0.717) is 12.5 Å². The number of aromatic nitrogens is 1. The van der Waals surface area contributed by atoms with Crippen molar-refractivity contribution in [2.24, 2.45) is 5.92 Å². The van der Waals surface area contributed by atoms with Crippen molar-refractivity contribution in [1.29, 1.82) is 0 Å². The lowest BCUT2D eigenvalue weighted by Gasteiger charge is -2.31. The molecule has 118 valence electrons. The number of nitrogens with zero attached hydrogens (tertiary/aromatic N) is 2. The van der Waals surface area contributed by atoms with Gasteiger partial charge in [-0.2, -0.15) is 0 Å². The number of likely N-dealkylation sites (tertiary alicyclic amines) is 1. The molecule has 2 rings (SSSR count). The van der Waals surface area contributed by atoms with E-state index in [-0.39, 0.29) is 6.09 Å². The maximum atomic E-state index is 11.6. The van der Waals surface area contributed by atoms with Crippen molar-refractivity contribution < 1.29 is 9.53 Å². The predicted octanol–water partition coefficient (Wildman–Crippen LogP) is 2.88. The van der Waals surface area contributed by atoms with Gasteiger partial charge in [-0.05, 0) is 52.6 Å². The zero-order chi connectivity index (χ0) is 15.3. The number of hydrogen-bond donors (Lipinski definition) is 1. The Morgan fingerprint density at radius 1 is 1.48 bits per heavy atom. The fraction of sp³-hybridized carbons (Fsp3) is 0.733. The summed E-state index contributed by atoms with van der Waals surface area (Å²) in [6.07, 6.45) is 3.87. The van der Waals surface area contributed by atoms with Gasteiger partial charge in [0.15, 0.2) is 0 Å². The number of carbonyl (C=O) groups is 1. The lowest BCUT2D eigenvalue weighted by Crippen LogP contribution is -2.39. The summed E-state index contributed by atoms with van der Waals surface area (Å²) in [7, 11) is 0. The molecule has 1 amide bonds. The van der Waals surface area contributed by atoms with Gasteiger partial charge in [-0.15, -0.1) is 11.3 Å². The molecule has 0 atom stereocenters. The predicted molar refractivity (Wildman–Crippen MR) is 84.4 cm³/mol. The molecule has 6 heteroatoms. The van der Waals surface area contributed by atoms with E-state index in [0.717, 1.165) is 32.5 Å². The summed E-state index contributed by atoms with van der Waals surface area (Å²) < 4.78 is 5.25. The molecule has 0 bridgehead atoms. The lowest BCUT2D eigenvalue weighted by molar-refractivity contribution is 0.0509. The van der Waals surface area contributed by atoms with Crippen LogP contribution in [0.25, 0.3) is 0 Å². The molecule has 1 aliphatic heterocycles. The van der Waals surface area contributed by atoms with Gasteiger partial charge in [0.25, 0.3) is 0 Å². The van der Waals surface area contributed by atoms with Crippen LogP contribution in [0.5, 0.6) is 0 Å². The molecule has 1 aliphatic rings. The summed E-state index contributed by atoms with van der Waals surface area (Å²) in [5.74, 6) is 0.551. The van der Waals surface area contributed by atoms with E-state index in [1.54, 1.807) is 11.3 Å². The summed E-state index contributed by atoms with van der Waals surface area (Å²) in [6.45, 7) is 9.51. The highest BCUT2D eigenvalue weighted by Gasteiger charge is 2.21. The highest BCUT2D eigenvalue weighted by Crippen LogP contribution is 2.19. The van der Waals surface area contributed by atoms with Gasteiger partial charge in [0.1, 0.15) is 5.60 Å². The lowest BCUT2D eigenvalue weighted by atomic mass is 9.97. The molecular weight excluding hydrogens is 286 g/mol. The van der Waals surface area contributed by atoms with Gasteiger partial charge in [0.2, 0.25) is 0 Å². The Labute approximate surface area is 130 Å². The van der Waals surface area contributed by atoms with Crippen molar-refractivity contribution in [3.8, 4) is 0 Å². The van der Waals surface area contributed by atoms with Crippen LogP contribution < -0.4 is 5.32 Å². The van der Waals surface area contributed by atoms with Gasteiger partial charge in [0, 0.05) is 24.2 Å². The van der Waals surface area contributed by atoms with Crippen molar-refractivity contribution in [2.45, 2.75) is 45.8 Å². The third-order valence-corrected chi connectivity index (χ3v) is 4.27. The second kappa shape index (κ2) is 7.22. The van der Waals surface area contributed by atoms with Crippen LogP contribution in [0.1, 0.15) is 38.5 Å². The largest absolute Gasteiger partial charge is 0.444 e. The molecule has 1 N–H and O–H groups in total. The van der Waals surface area contributed by atoms with Crippen LogP contribution in [-0.4, -0.2) is 41.2 Å². The Morgan fingerprint density at radius 3 is 2.76 bits per heavy atom. The number of hydrogen-bond acceptors (Lipinski definition) is 5. The molecule has 1 fully saturated rings. The smallest absolute Gasteiger partial charge is 0.407 e.